The molecule has 0 aliphatic carbocycles. The predicted molar refractivity (Wildman–Crippen MR) is 101 cm³/mol. The van der Waals surface area contributed by atoms with E-state index in [2.05, 4.69) is 45.4 Å². The zero-order valence-corrected chi connectivity index (χ0v) is 16.2. The average Bonchev–Trinajstić information content (AvgIpc) is 2.96. The third-order valence-corrected chi connectivity index (χ3v) is 6.13. The highest BCUT2D eigenvalue weighted by molar-refractivity contribution is 5.16. The van der Waals surface area contributed by atoms with E-state index < -0.39 is 0 Å². The maximum absolute atomic E-state index is 9.57. The van der Waals surface area contributed by atoms with E-state index in [1.807, 2.05) is 6.20 Å². The zero-order valence-electron chi connectivity index (χ0n) is 16.2. The number of likely N-dealkylation sites (tertiary alicyclic amines) is 1. The number of nitrogens with zero attached hydrogens (tertiary/aromatic N) is 5. The molecule has 0 amide bonds. The Kier molecular flexibility index (Phi) is 6.49. The number of hydrogen-bond donors (Lipinski definition) is 1. The van der Waals surface area contributed by atoms with Gasteiger partial charge in [0.2, 0.25) is 0 Å². The minimum Gasteiger partial charge on any atom is -0.396 e. The summed E-state index contributed by atoms with van der Waals surface area (Å²) in [6, 6.07) is 1.17. The standard InChI is InChI=1S/C19H35N5O/c1-4-24-16(2)17(13-20-24)14-22-10-11-23(19(15-22)7-12-25)18-5-8-21(3)9-6-18/h13,18-19,25H,4-12,14-15H2,1-3H3. The van der Waals surface area contributed by atoms with E-state index >= 15 is 0 Å². The summed E-state index contributed by atoms with van der Waals surface area (Å²) in [6.45, 7) is 12.2. The maximum Gasteiger partial charge on any atom is 0.0537 e. The van der Waals surface area contributed by atoms with E-state index in [1.54, 1.807) is 0 Å². The van der Waals surface area contributed by atoms with Crippen molar-refractivity contribution in [2.24, 2.45) is 0 Å². The van der Waals surface area contributed by atoms with Crippen molar-refractivity contribution in [3.05, 3.63) is 17.5 Å². The molecule has 2 fully saturated rings. The largest absolute Gasteiger partial charge is 0.396 e. The molecular formula is C19H35N5O. The molecule has 0 spiro atoms. The Morgan fingerprint density at radius 2 is 1.96 bits per heavy atom. The Morgan fingerprint density at radius 1 is 1.20 bits per heavy atom. The SMILES string of the molecule is CCn1ncc(CN2CCN(C3CCN(C)CC3)C(CCO)C2)c1C. The molecule has 3 rings (SSSR count). The molecule has 1 atom stereocenters. The highest BCUT2D eigenvalue weighted by Crippen LogP contribution is 2.24. The number of piperidine rings is 1. The van der Waals surface area contributed by atoms with Crippen LogP contribution in [0.3, 0.4) is 0 Å². The van der Waals surface area contributed by atoms with Crippen LogP contribution in [-0.4, -0.2) is 88.0 Å². The van der Waals surface area contributed by atoms with Crippen LogP contribution in [-0.2, 0) is 13.1 Å². The van der Waals surface area contributed by atoms with E-state index in [1.165, 1.54) is 37.2 Å². The molecule has 1 aromatic heterocycles. The van der Waals surface area contributed by atoms with Gasteiger partial charge in [0, 0.05) is 62.7 Å². The van der Waals surface area contributed by atoms with Crippen LogP contribution in [0.25, 0.3) is 0 Å². The molecule has 1 aromatic rings. The topological polar surface area (TPSA) is 47.8 Å². The lowest BCUT2D eigenvalue weighted by atomic mass is 9.98. The first-order valence-corrected chi connectivity index (χ1v) is 9.91. The van der Waals surface area contributed by atoms with Gasteiger partial charge in [-0.15, -0.1) is 0 Å². The highest BCUT2D eigenvalue weighted by atomic mass is 16.3. The van der Waals surface area contributed by atoms with Crippen LogP contribution < -0.4 is 0 Å². The zero-order chi connectivity index (χ0) is 17.8. The van der Waals surface area contributed by atoms with Crippen LogP contribution in [0.2, 0.25) is 0 Å². The summed E-state index contributed by atoms with van der Waals surface area (Å²) >= 11 is 0. The molecule has 0 saturated carbocycles. The van der Waals surface area contributed by atoms with Crippen molar-refractivity contribution in [3.63, 3.8) is 0 Å². The van der Waals surface area contributed by atoms with Gasteiger partial charge in [0.1, 0.15) is 0 Å². The maximum atomic E-state index is 9.57. The fourth-order valence-corrected chi connectivity index (χ4v) is 4.49. The number of piperazine rings is 1. The Bertz CT molecular complexity index is 538. The van der Waals surface area contributed by atoms with Gasteiger partial charge in [-0.3, -0.25) is 14.5 Å². The van der Waals surface area contributed by atoms with Crippen LogP contribution in [0.1, 0.15) is 37.4 Å². The molecule has 6 nitrogen and oxygen atoms in total. The van der Waals surface area contributed by atoms with Crippen molar-refractivity contribution in [1.29, 1.82) is 0 Å². The second-order valence-corrected chi connectivity index (χ2v) is 7.74. The number of hydrogen-bond acceptors (Lipinski definition) is 5. The van der Waals surface area contributed by atoms with Gasteiger partial charge in [-0.2, -0.15) is 5.10 Å². The molecule has 3 heterocycles. The Labute approximate surface area is 152 Å². The van der Waals surface area contributed by atoms with Gasteiger partial charge in [0.05, 0.1) is 6.20 Å². The molecule has 1 unspecified atom stereocenters. The summed E-state index contributed by atoms with van der Waals surface area (Å²) in [6.07, 6.45) is 5.45. The van der Waals surface area contributed by atoms with Crippen LogP contribution in [0.15, 0.2) is 6.20 Å². The van der Waals surface area contributed by atoms with Gasteiger partial charge in [0.25, 0.3) is 0 Å². The molecule has 1 N–H and O–H groups in total. The monoisotopic (exact) mass is 349 g/mol. The van der Waals surface area contributed by atoms with E-state index in [0.29, 0.717) is 12.1 Å². The normalized spacial score (nSPS) is 24.9. The molecule has 0 radical (unpaired) electrons. The third-order valence-electron chi connectivity index (χ3n) is 6.13. The first kappa shape index (κ1) is 18.8. The number of aryl methyl sites for hydroxylation is 1. The van der Waals surface area contributed by atoms with Crippen LogP contribution in [0, 0.1) is 6.92 Å². The van der Waals surface area contributed by atoms with E-state index in [0.717, 1.165) is 39.1 Å². The number of aromatic nitrogens is 2. The molecular weight excluding hydrogens is 314 g/mol. The Balaban J connectivity index is 1.61. The highest BCUT2D eigenvalue weighted by Gasteiger charge is 2.33. The minimum atomic E-state index is 0.286. The van der Waals surface area contributed by atoms with Gasteiger partial charge >= 0.3 is 0 Å². The minimum absolute atomic E-state index is 0.286. The quantitative estimate of drug-likeness (QED) is 0.836. The van der Waals surface area contributed by atoms with Gasteiger partial charge in [0.15, 0.2) is 0 Å². The first-order valence-electron chi connectivity index (χ1n) is 9.91. The fourth-order valence-electron chi connectivity index (χ4n) is 4.49. The predicted octanol–water partition coefficient (Wildman–Crippen LogP) is 1.17. The van der Waals surface area contributed by atoms with Gasteiger partial charge < -0.3 is 10.0 Å². The summed E-state index contributed by atoms with van der Waals surface area (Å²) in [5, 5.41) is 14.1. The van der Waals surface area contributed by atoms with E-state index in [4.69, 9.17) is 0 Å². The second kappa shape index (κ2) is 8.62. The van der Waals surface area contributed by atoms with Crippen molar-refractivity contribution in [2.75, 3.05) is 46.4 Å². The number of rotatable bonds is 6. The van der Waals surface area contributed by atoms with Gasteiger partial charge in [-0.1, -0.05) is 0 Å². The summed E-state index contributed by atoms with van der Waals surface area (Å²) in [5.41, 5.74) is 2.64. The molecule has 2 saturated heterocycles. The smallest absolute Gasteiger partial charge is 0.0537 e. The number of aliphatic hydroxyl groups is 1. The lowest BCUT2D eigenvalue weighted by Gasteiger charge is -2.47. The van der Waals surface area contributed by atoms with Crippen molar-refractivity contribution < 1.29 is 5.11 Å². The molecule has 0 aromatic carbocycles. The number of aliphatic hydroxyl groups excluding tert-OH is 1. The first-order chi connectivity index (χ1) is 12.1. The van der Waals surface area contributed by atoms with Crippen LogP contribution in [0.5, 0.6) is 0 Å². The summed E-state index contributed by atoms with van der Waals surface area (Å²) < 4.78 is 2.08. The molecule has 2 aliphatic heterocycles. The lowest BCUT2D eigenvalue weighted by molar-refractivity contribution is 0.00593. The fraction of sp³-hybridized carbons (Fsp3) is 0.842. The molecule has 142 valence electrons. The lowest BCUT2D eigenvalue weighted by Crippen LogP contribution is -2.58. The average molecular weight is 350 g/mol. The summed E-state index contributed by atoms with van der Waals surface area (Å²) in [5.74, 6) is 0. The third kappa shape index (κ3) is 4.42. The van der Waals surface area contributed by atoms with Crippen LogP contribution in [0.4, 0.5) is 0 Å². The van der Waals surface area contributed by atoms with E-state index in [9.17, 15) is 5.11 Å². The molecule has 0 bridgehead atoms. The van der Waals surface area contributed by atoms with Gasteiger partial charge in [-0.05, 0) is 53.2 Å². The molecule has 6 heteroatoms. The van der Waals surface area contributed by atoms with Crippen molar-refractivity contribution in [1.82, 2.24) is 24.5 Å². The van der Waals surface area contributed by atoms with Gasteiger partial charge in [-0.25, -0.2) is 0 Å². The molecule has 25 heavy (non-hydrogen) atoms. The summed E-state index contributed by atoms with van der Waals surface area (Å²) in [7, 11) is 2.22. The van der Waals surface area contributed by atoms with Crippen molar-refractivity contribution in [2.45, 2.75) is 58.3 Å². The molecule has 2 aliphatic rings. The van der Waals surface area contributed by atoms with Crippen molar-refractivity contribution >= 4 is 0 Å². The Morgan fingerprint density at radius 3 is 2.60 bits per heavy atom. The summed E-state index contributed by atoms with van der Waals surface area (Å²) in [4.78, 5) is 7.68. The van der Waals surface area contributed by atoms with E-state index in [-0.39, 0.29) is 6.61 Å². The second-order valence-electron chi connectivity index (χ2n) is 7.74. The van der Waals surface area contributed by atoms with Crippen molar-refractivity contribution in [3.8, 4) is 0 Å². The Hall–Kier alpha value is -0.950. The van der Waals surface area contributed by atoms with Crippen LogP contribution >= 0.6 is 0 Å².